The van der Waals surface area contributed by atoms with Crippen molar-refractivity contribution in [2.45, 2.75) is 37.6 Å². The van der Waals surface area contributed by atoms with Gasteiger partial charge in [-0.2, -0.15) is 4.31 Å². The van der Waals surface area contributed by atoms with Crippen LogP contribution in [0.25, 0.3) is 11.0 Å². The molecule has 4 rings (SSSR count). The third-order valence-electron chi connectivity index (χ3n) is 6.40. The maximum absolute atomic E-state index is 13.1. The van der Waals surface area contributed by atoms with E-state index in [0.29, 0.717) is 16.6 Å². The fourth-order valence-corrected chi connectivity index (χ4v) is 5.55. The number of sulfonamides is 1. The van der Waals surface area contributed by atoms with Crippen LogP contribution in [0.3, 0.4) is 0 Å². The summed E-state index contributed by atoms with van der Waals surface area (Å²) >= 11 is 0. The number of phenolic OH excluding ortho intramolecular Hbond substituents is 1. The first kappa shape index (κ1) is 26.3. The number of esters is 1. The van der Waals surface area contributed by atoms with Crippen molar-refractivity contribution in [2.75, 3.05) is 13.7 Å². The van der Waals surface area contributed by atoms with Gasteiger partial charge in [-0.3, -0.25) is 4.79 Å². The van der Waals surface area contributed by atoms with Gasteiger partial charge < -0.3 is 9.84 Å². The van der Waals surface area contributed by atoms with Crippen LogP contribution in [-0.4, -0.2) is 52.4 Å². The number of aromatic nitrogens is 3. The van der Waals surface area contributed by atoms with Gasteiger partial charge in [0.1, 0.15) is 16.8 Å². The van der Waals surface area contributed by atoms with E-state index in [9.17, 15) is 18.3 Å². The van der Waals surface area contributed by atoms with Crippen molar-refractivity contribution < 1.29 is 23.1 Å². The predicted molar refractivity (Wildman–Crippen MR) is 140 cm³/mol. The van der Waals surface area contributed by atoms with Gasteiger partial charge in [0, 0.05) is 26.6 Å². The molecule has 0 aliphatic carbocycles. The van der Waals surface area contributed by atoms with Gasteiger partial charge >= 0.3 is 5.97 Å². The molecule has 0 aliphatic rings. The lowest BCUT2D eigenvalue weighted by molar-refractivity contribution is -0.143. The molecule has 0 saturated heterocycles. The minimum Gasteiger partial charge on any atom is -0.506 e. The van der Waals surface area contributed by atoms with Crippen LogP contribution in [0, 0.1) is 6.92 Å². The third-order valence-corrected chi connectivity index (χ3v) is 8.22. The van der Waals surface area contributed by atoms with Crippen molar-refractivity contribution >= 4 is 27.0 Å². The van der Waals surface area contributed by atoms with E-state index < -0.39 is 15.9 Å². The van der Waals surface area contributed by atoms with Crippen molar-refractivity contribution in [1.82, 2.24) is 19.3 Å². The first-order valence-electron chi connectivity index (χ1n) is 11.9. The number of nitrogens with zero attached hydrogens (tertiary/aromatic N) is 4. The summed E-state index contributed by atoms with van der Waals surface area (Å²) in [7, 11) is -0.447. The van der Waals surface area contributed by atoms with E-state index in [-0.39, 0.29) is 36.2 Å². The summed E-state index contributed by atoms with van der Waals surface area (Å²) in [5.74, 6) is -0.821. The standard InChI is InChI=1S/C27H30N4O5S/c1-5-36-26(33)16-23(20-14-24-27(25(32)15-20)31(4)29-28-24)19-12-11-18(2)21(13-19)17-30(3)37(34,35)22-9-7-6-8-10-22/h6-15,23,32H,5,16-17H2,1-4H3. The van der Waals surface area contributed by atoms with E-state index in [1.165, 1.54) is 8.99 Å². The quantitative estimate of drug-likeness (QED) is 0.332. The van der Waals surface area contributed by atoms with Crippen LogP contribution in [0.15, 0.2) is 65.6 Å². The molecule has 0 aliphatic heterocycles. The molecule has 3 aromatic carbocycles. The van der Waals surface area contributed by atoms with Gasteiger partial charge in [-0.05, 0) is 60.4 Å². The lowest BCUT2D eigenvalue weighted by atomic mass is 9.86. The molecular formula is C27H30N4O5S. The summed E-state index contributed by atoms with van der Waals surface area (Å²) in [4.78, 5) is 12.8. The Bertz CT molecular complexity index is 1530. The molecule has 4 aromatic rings. The molecule has 0 fully saturated rings. The summed E-state index contributed by atoms with van der Waals surface area (Å²) in [5.41, 5.74) is 4.20. The largest absolute Gasteiger partial charge is 0.506 e. The van der Waals surface area contributed by atoms with Crippen molar-refractivity contribution in [2.24, 2.45) is 7.05 Å². The monoisotopic (exact) mass is 522 g/mol. The molecule has 0 bridgehead atoms. The summed E-state index contributed by atoms with van der Waals surface area (Å²) in [6, 6.07) is 17.4. The van der Waals surface area contributed by atoms with E-state index in [1.54, 1.807) is 63.5 Å². The van der Waals surface area contributed by atoms with Crippen LogP contribution < -0.4 is 0 Å². The Balaban J connectivity index is 1.73. The fraction of sp³-hybridized carbons (Fsp3) is 0.296. The molecule has 194 valence electrons. The number of aromatic hydroxyl groups is 1. The van der Waals surface area contributed by atoms with E-state index in [2.05, 4.69) is 10.3 Å². The highest BCUT2D eigenvalue weighted by Gasteiger charge is 2.25. The van der Waals surface area contributed by atoms with Crippen LogP contribution in [0.2, 0.25) is 0 Å². The van der Waals surface area contributed by atoms with Crippen molar-refractivity contribution in [3.8, 4) is 5.75 Å². The number of carbonyl (C=O) groups excluding carboxylic acids is 1. The smallest absolute Gasteiger partial charge is 0.306 e. The molecule has 1 unspecified atom stereocenters. The number of fused-ring (bicyclic) bond motifs is 1. The fourth-order valence-electron chi connectivity index (χ4n) is 4.38. The summed E-state index contributed by atoms with van der Waals surface area (Å²) in [5, 5.41) is 18.8. The average Bonchev–Trinajstić information content (AvgIpc) is 3.25. The van der Waals surface area contributed by atoms with Crippen molar-refractivity contribution in [3.05, 3.63) is 82.9 Å². The zero-order valence-electron chi connectivity index (χ0n) is 21.2. The first-order chi connectivity index (χ1) is 17.6. The lowest BCUT2D eigenvalue weighted by Gasteiger charge is -2.22. The molecule has 1 heterocycles. The normalized spacial score (nSPS) is 12.7. The number of phenols is 1. The molecule has 9 nitrogen and oxygen atoms in total. The third kappa shape index (κ3) is 5.50. The van der Waals surface area contributed by atoms with Gasteiger partial charge in [0.2, 0.25) is 10.0 Å². The van der Waals surface area contributed by atoms with Gasteiger partial charge in [-0.1, -0.05) is 41.6 Å². The SMILES string of the molecule is CCOC(=O)CC(c1ccc(C)c(CN(C)S(=O)(=O)c2ccccc2)c1)c1cc(O)c2c(c1)nnn2C. The Morgan fingerprint density at radius 1 is 1.11 bits per heavy atom. The Morgan fingerprint density at radius 3 is 2.54 bits per heavy atom. The highest BCUT2D eigenvalue weighted by atomic mass is 32.2. The van der Waals surface area contributed by atoms with E-state index in [0.717, 1.165) is 16.7 Å². The highest BCUT2D eigenvalue weighted by Crippen LogP contribution is 2.35. The summed E-state index contributed by atoms with van der Waals surface area (Å²) < 4.78 is 34.2. The number of rotatable bonds is 9. The minimum absolute atomic E-state index is 0.00915. The van der Waals surface area contributed by atoms with Crippen LogP contribution in [0.5, 0.6) is 5.75 Å². The number of hydrogen-bond donors (Lipinski definition) is 1. The highest BCUT2D eigenvalue weighted by molar-refractivity contribution is 7.89. The Hall–Kier alpha value is -3.76. The van der Waals surface area contributed by atoms with Crippen LogP contribution in [0.1, 0.15) is 41.5 Å². The van der Waals surface area contributed by atoms with Gasteiger partial charge in [0.05, 0.1) is 17.9 Å². The molecule has 0 saturated carbocycles. The number of ether oxygens (including phenoxy) is 1. The number of carbonyl (C=O) groups is 1. The molecule has 0 radical (unpaired) electrons. The Labute approximate surface area is 216 Å². The Morgan fingerprint density at radius 2 is 1.84 bits per heavy atom. The zero-order chi connectivity index (χ0) is 26.7. The van der Waals surface area contributed by atoms with Crippen LogP contribution in [-0.2, 0) is 33.1 Å². The van der Waals surface area contributed by atoms with Crippen LogP contribution >= 0.6 is 0 Å². The molecule has 1 atom stereocenters. The number of hydrogen-bond acceptors (Lipinski definition) is 7. The molecule has 37 heavy (non-hydrogen) atoms. The maximum Gasteiger partial charge on any atom is 0.306 e. The van der Waals surface area contributed by atoms with Gasteiger partial charge in [0.15, 0.2) is 0 Å². The number of aryl methyl sites for hydroxylation is 2. The zero-order valence-corrected chi connectivity index (χ0v) is 22.1. The molecular weight excluding hydrogens is 492 g/mol. The first-order valence-corrected chi connectivity index (χ1v) is 13.3. The second-order valence-corrected chi connectivity index (χ2v) is 11.0. The van der Waals surface area contributed by atoms with Gasteiger partial charge in [0.25, 0.3) is 0 Å². The summed E-state index contributed by atoms with van der Waals surface area (Å²) in [6.45, 7) is 4.07. The minimum atomic E-state index is -3.68. The van der Waals surface area contributed by atoms with E-state index in [4.69, 9.17) is 4.74 Å². The van der Waals surface area contributed by atoms with Crippen molar-refractivity contribution in [1.29, 1.82) is 0 Å². The van der Waals surface area contributed by atoms with E-state index in [1.807, 2.05) is 25.1 Å². The predicted octanol–water partition coefficient (Wildman–Crippen LogP) is 3.89. The molecule has 1 N–H and O–H groups in total. The molecule has 10 heteroatoms. The Kier molecular flexibility index (Phi) is 7.60. The molecule has 1 aromatic heterocycles. The topological polar surface area (TPSA) is 115 Å². The maximum atomic E-state index is 13.1. The van der Waals surface area contributed by atoms with Gasteiger partial charge in [-0.25, -0.2) is 13.1 Å². The molecule has 0 amide bonds. The number of benzene rings is 3. The second-order valence-electron chi connectivity index (χ2n) is 8.94. The van der Waals surface area contributed by atoms with Crippen molar-refractivity contribution in [3.63, 3.8) is 0 Å². The summed E-state index contributed by atoms with van der Waals surface area (Å²) in [6.07, 6.45) is 0.0414. The van der Waals surface area contributed by atoms with E-state index >= 15 is 0 Å². The lowest BCUT2D eigenvalue weighted by Crippen LogP contribution is -2.27. The van der Waals surface area contributed by atoms with Crippen LogP contribution in [0.4, 0.5) is 0 Å². The average molecular weight is 523 g/mol. The molecule has 0 spiro atoms. The second kappa shape index (κ2) is 10.7. The van der Waals surface area contributed by atoms with Gasteiger partial charge in [-0.15, -0.1) is 5.10 Å².